The molecule has 6 heteroatoms. The molecule has 2 rings (SSSR count). The fourth-order valence-electron chi connectivity index (χ4n) is 1.54. The molecule has 0 saturated carbocycles. The fraction of sp³-hybridized carbons (Fsp3) is 0.333. The lowest BCUT2D eigenvalue weighted by molar-refractivity contribution is 0.0586. The van der Waals surface area contributed by atoms with Crippen molar-refractivity contribution in [1.29, 1.82) is 0 Å². The molecule has 0 bridgehead atoms. The Morgan fingerprint density at radius 3 is 3.00 bits per heavy atom. The Morgan fingerprint density at radius 2 is 2.22 bits per heavy atom. The number of fused-ring (bicyclic) bond motifs is 1. The summed E-state index contributed by atoms with van der Waals surface area (Å²) >= 11 is 3.33. The Labute approximate surface area is 112 Å². The lowest BCUT2D eigenvalue weighted by atomic mass is 10.2. The molecule has 96 valence electrons. The van der Waals surface area contributed by atoms with E-state index in [2.05, 4.69) is 25.9 Å². The molecular weight excluding hydrogens is 300 g/mol. The van der Waals surface area contributed by atoms with Crippen LogP contribution in [0.5, 0.6) is 0 Å². The molecule has 1 aromatic carbocycles. The molecular formula is C12H13BrN2O3. The van der Waals surface area contributed by atoms with Gasteiger partial charge in [0, 0.05) is 11.6 Å². The summed E-state index contributed by atoms with van der Waals surface area (Å²) in [6.07, 6.45) is 0. The van der Waals surface area contributed by atoms with Crippen LogP contribution in [-0.2, 0) is 16.1 Å². The standard InChI is InChI=1S/C12H13BrN2O3/c1-17-4-5-18-7-11-14-10-3-2-8(13)6-9(10)12(16)15-11/h2-3,6H,4-5,7H2,1H3,(H,14,15,16). The van der Waals surface area contributed by atoms with Gasteiger partial charge < -0.3 is 14.5 Å². The molecule has 0 radical (unpaired) electrons. The highest BCUT2D eigenvalue weighted by Crippen LogP contribution is 2.15. The number of aromatic amines is 1. The van der Waals surface area contributed by atoms with Gasteiger partial charge >= 0.3 is 0 Å². The first-order chi connectivity index (χ1) is 8.70. The number of ether oxygens (including phenoxy) is 2. The smallest absolute Gasteiger partial charge is 0.258 e. The molecule has 0 fully saturated rings. The first-order valence-corrected chi connectivity index (χ1v) is 6.25. The molecule has 0 atom stereocenters. The van der Waals surface area contributed by atoms with Crippen molar-refractivity contribution in [2.75, 3.05) is 20.3 Å². The molecule has 0 unspecified atom stereocenters. The summed E-state index contributed by atoms with van der Waals surface area (Å²) in [4.78, 5) is 18.9. The number of hydrogen-bond donors (Lipinski definition) is 1. The van der Waals surface area contributed by atoms with Crippen molar-refractivity contribution >= 4 is 26.8 Å². The number of H-pyrrole nitrogens is 1. The summed E-state index contributed by atoms with van der Waals surface area (Å²) < 4.78 is 11.0. The SMILES string of the molecule is COCCOCc1nc2ccc(Br)cc2c(=O)[nH]1. The van der Waals surface area contributed by atoms with Crippen LogP contribution in [-0.4, -0.2) is 30.3 Å². The minimum Gasteiger partial charge on any atom is -0.382 e. The van der Waals surface area contributed by atoms with Gasteiger partial charge in [0.2, 0.25) is 0 Å². The Balaban J connectivity index is 2.21. The third kappa shape index (κ3) is 3.16. The van der Waals surface area contributed by atoms with Gasteiger partial charge in [-0.2, -0.15) is 0 Å². The second-order valence-corrected chi connectivity index (χ2v) is 4.64. The molecule has 2 aromatic rings. The van der Waals surface area contributed by atoms with E-state index in [0.717, 1.165) is 4.47 Å². The van der Waals surface area contributed by atoms with E-state index in [-0.39, 0.29) is 12.2 Å². The average molecular weight is 313 g/mol. The Morgan fingerprint density at radius 1 is 1.39 bits per heavy atom. The van der Waals surface area contributed by atoms with Crippen molar-refractivity contribution in [3.05, 3.63) is 38.9 Å². The molecule has 1 heterocycles. The molecule has 0 spiro atoms. The van der Waals surface area contributed by atoms with Crippen molar-refractivity contribution in [3.8, 4) is 0 Å². The molecule has 0 aliphatic carbocycles. The van der Waals surface area contributed by atoms with Crippen molar-refractivity contribution in [2.24, 2.45) is 0 Å². The van der Waals surface area contributed by atoms with Crippen LogP contribution in [0.2, 0.25) is 0 Å². The van der Waals surface area contributed by atoms with Gasteiger partial charge in [-0.1, -0.05) is 15.9 Å². The van der Waals surface area contributed by atoms with Gasteiger partial charge in [-0.3, -0.25) is 4.79 Å². The van der Waals surface area contributed by atoms with Gasteiger partial charge in [0.25, 0.3) is 5.56 Å². The molecule has 1 N–H and O–H groups in total. The minimum absolute atomic E-state index is 0.161. The summed E-state index contributed by atoms with van der Waals surface area (Å²) in [5.74, 6) is 0.519. The second kappa shape index (κ2) is 6.08. The summed E-state index contributed by atoms with van der Waals surface area (Å²) in [7, 11) is 1.61. The van der Waals surface area contributed by atoms with E-state index in [1.54, 1.807) is 19.2 Å². The van der Waals surface area contributed by atoms with Crippen molar-refractivity contribution < 1.29 is 9.47 Å². The van der Waals surface area contributed by atoms with Crippen LogP contribution in [0.15, 0.2) is 27.5 Å². The normalized spacial score (nSPS) is 11.0. The zero-order valence-electron chi connectivity index (χ0n) is 9.90. The van der Waals surface area contributed by atoms with E-state index in [9.17, 15) is 4.79 Å². The van der Waals surface area contributed by atoms with Gasteiger partial charge in [0.05, 0.1) is 24.1 Å². The minimum atomic E-state index is -0.161. The van der Waals surface area contributed by atoms with E-state index in [4.69, 9.17) is 9.47 Å². The number of hydrogen-bond acceptors (Lipinski definition) is 4. The Hall–Kier alpha value is -1.24. The quantitative estimate of drug-likeness (QED) is 0.856. The maximum absolute atomic E-state index is 11.8. The maximum atomic E-state index is 11.8. The number of benzene rings is 1. The third-order valence-electron chi connectivity index (χ3n) is 2.39. The molecule has 0 aliphatic heterocycles. The summed E-state index contributed by atoms with van der Waals surface area (Å²) in [5, 5.41) is 0.560. The first kappa shape index (κ1) is 13.2. The van der Waals surface area contributed by atoms with E-state index in [1.807, 2.05) is 6.07 Å². The van der Waals surface area contributed by atoms with E-state index < -0.39 is 0 Å². The van der Waals surface area contributed by atoms with Gasteiger partial charge in [-0.15, -0.1) is 0 Å². The van der Waals surface area contributed by atoms with Crippen LogP contribution in [0.3, 0.4) is 0 Å². The zero-order chi connectivity index (χ0) is 13.0. The first-order valence-electron chi connectivity index (χ1n) is 5.46. The van der Waals surface area contributed by atoms with Crippen LogP contribution in [0.1, 0.15) is 5.82 Å². The summed E-state index contributed by atoms with van der Waals surface area (Å²) in [6.45, 7) is 1.26. The number of nitrogens with one attached hydrogen (secondary N) is 1. The highest BCUT2D eigenvalue weighted by Gasteiger charge is 2.04. The monoisotopic (exact) mass is 312 g/mol. The van der Waals surface area contributed by atoms with Crippen LogP contribution in [0.4, 0.5) is 0 Å². The summed E-state index contributed by atoms with van der Waals surface area (Å²) in [6, 6.07) is 5.40. The molecule has 0 amide bonds. The van der Waals surface area contributed by atoms with Crippen molar-refractivity contribution in [2.45, 2.75) is 6.61 Å². The number of rotatable bonds is 5. The molecule has 0 saturated heterocycles. The molecule has 5 nitrogen and oxygen atoms in total. The lowest BCUT2D eigenvalue weighted by Gasteiger charge is -2.04. The van der Waals surface area contributed by atoms with Gasteiger partial charge in [-0.25, -0.2) is 4.98 Å². The highest BCUT2D eigenvalue weighted by molar-refractivity contribution is 9.10. The van der Waals surface area contributed by atoms with Crippen LogP contribution < -0.4 is 5.56 Å². The maximum Gasteiger partial charge on any atom is 0.258 e. The second-order valence-electron chi connectivity index (χ2n) is 3.72. The molecule has 18 heavy (non-hydrogen) atoms. The average Bonchev–Trinajstić information content (AvgIpc) is 2.36. The largest absolute Gasteiger partial charge is 0.382 e. The van der Waals surface area contributed by atoms with Gasteiger partial charge in [0.15, 0.2) is 0 Å². The topological polar surface area (TPSA) is 64.2 Å². The Kier molecular flexibility index (Phi) is 4.46. The van der Waals surface area contributed by atoms with E-state index >= 15 is 0 Å². The van der Waals surface area contributed by atoms with Crippen LogP contribution in [0, 0.1) is 0 Å². The highest BCUT2D eigenvalue weighted by atomic mass is 79.9. The van der Waals surface area contributed by atoms with Crippen LogP contribution in [0.25, 0.3) is 10.9 Å². The van der Waals surface area contributed by atoms with Gasteiger partial charge in [0.1, 0.15) is 12.4 Å². The van der Waals surface area contributed by atoms with E-state index in [1.165, 1.54) is 0 Å². The summed E-state index contributed by atoms with van der Waals surface area (Å²) in [5.41, 5.74) is 0.499. The molecule has 1 aromatic heterocycles. The van der Waals surface area contributed by atoms with Crippen LogP contribution >= 0.6 is 15.9 Å². The number of aromatic nitrogens is 2. The van der Waals surface area contributed by atoms with Gasteiger partial charge in [-0.05, 0) is 18.2 Å². The number of nitrogens with zero attached hydrogens (tertiary/aromatic N) is 1. The molecule has 0 aliphatic rings. The van der Waals surface area contributed by atoms with Crippen molar-refractivity contribution in [1.82, 2.24) is 9.97 Å². The van der Waals surface area contributed by atoms with Crippen molar-refractivity contribution in [3.63, 3.8) is 0 Å². The Bertz CT molecular complexity index is 597. The lowest BCUT2D eigenvalue weighted by Crippen LogP contribution is -2.13. The van der Waals surface area contributed by atoms with E-state index in [0.29, 0.717) is 29.9 Å². The third-order valence-corrected chi connectivity index (χ3v) is 2.88. The zero-order valence-corrected chi connectivity index (χ0v) is 11.5. The predicted octanol–water partition coefficient (Wildman–Crippen LogP) is 1.85. The fourth-order valence-corrected chi connectivity index (χ4v) is 1.90. The number of halogens is 1. The predicted molar refractivity (Wildman–Crippen MR) is 71.6 cm³/mol. The number of methoxy groups -OCH3 is 1.